The monoisotopic (exact) mass is 383 g/mol. The van der Waals surface area contributed by atoms with Crippen LogP contribution in [-0.4, -0.2) is 37.7 Å². The first-order valence-corrected chi connectivity index (χ1v) is 8.63. The van der Waals surface area contributed by atoms with E-state index in [4.69, 9.17) is 14.2 Å². The summed E-state index contributed by atoms with van der Waals surface area (Å²) in [6.45, 7) is 0.213. The average Bonchev–Trinajstić information content (AvgIpc) is 3.19. The highest BCUT2D eigenvalue weighted by atomic mass is 16.7. The molecular formula is C19H17N3O6. The van der Waals surface area contributed by atoms with E-state index in [1.165, 1.54) is 11.0 Å². The number of hydrogen-bond acceptors (Lipinski definition) is 6. The maximum Gasteiger partial charge on any atom is 0.269 e. The average molecular weight is 383 g/mol. The standard InChI is InChI=1S/C19H17N3O6/c23-17(7-8-22-13-3-1-2-4-14(13)26-10-18(22)24)20-21-19(25)12-5-6-15-16(9-12)28-11-27-15/h1-6,9H,7-8,10-11H2,(H,20,23)(H,21,25). The Morgan fingerprint density at radius 3 is 2.68 bits per heavy atom. The topological polar surface area (TPSA) is 106 Å². The van der Waals surface area contributed by atoms with Crippen LogP contribution in [0.4, 0.5) is 5.69 Å². The number of nitrogens with zero attached hydrogens (tertiary/aromatic N) is 1. The SMILES string of the molecule is O=C(CCN1C(=O)COc2ccccc21)NNC(=O)c1ccc2c(c1)OCO2. The predicted octanol–water partition coefficient (Wildman–Crippen LogP) is 0.992. The molecule has 0 spiro atoms. The summed E-state index contributed by atoms with van der Waals surface area (Å²) in [4.78, 5) is 37.8. The maximum atomic E-state index is 12.2. The Hall–Kier alpha value is -3.75. The second kappa shape index (κ2) is 7.47. The van der Waals surface area contributed by atoms with Crippen molar-refractivity contribution in [2.45, 2.75) is 6.42 Å². The minimum Gasteiger partial charge on any atom is -0.482 e. The molecule has 0 aliphatic carbocycles. The Balaban J connectivity index is 1.30. The molecule has 2 aliphatic rings. The van der Waals surface area contributed by atoms with E-state index in [1.807, 2.05) is 6.07 Å². The first-order valence-electron chi connectivity index (χ1n) is 8.63. The largest absolute Gasteiger partial charge is 0.482 e. The summed E-state index contributed by atoms with van der Waals surface area (Å²) in [5, 5.41) is 0. The van der Waals surface area contributed by atoms with Crippen LogP contribution in [0.15, 0.2) is 42.5 Å². The third-order valence-electron chi connectivity index (χ3n) is 4.32. The number of nitrogens with one attached hydrogen (secondary N) is 2. The van der Waals surface area contributed by atoms with E-state index < -0.39 is 11.8 Å². The van der Waals surface area contributed by atoms with E-state index in [0.29, 0.717) is 28.5 Å². The Labute approximate surface area is 160 Å². The molecule has 2 aliphatic heterocycles. The third kappa shape index (κ3) is 3.54. The van der Waals surface area contributed by atoms with Crippen molar-refractivity contribution in [1.82, 2.24) is 10.9 Å². The molecule has 28 heavy (non-hydrogen) atoms. The molecule has 0 saturated heterocycles. The first kappa shape index (κ1) is 17.7. The zero-order chi connectivity index (χ0) is 19.5. The number of carbonyl (C=O) groups is 3. The summed E-state index contributed by atoms with van der Waals surface area (Å²) < 4.78 is 15.8. The van der Waals surface area contributed by atoms with Gasteiger partial charge in [0, 0.05) is 18.5 Å². The van der Waals surface area contributed by atoms with Crippen molar-refractivity contribution in [2.24, 2.45) is 0 Å². The molecule has 2 aromatic carbocycles. The lowest BCUT2D eigenvalue weighted by atomic mass is 10.2. The summed E-state index contributed by atoms with van der Waals surface area (Å²) in [5.74, 6) is 0.499. The van der Waals surface area contributed by atoms with E-state index in [0.717, 1.165) is 0 Å². The van der Waals surface area contributed by atoms with Gasteiger partial charge in [0.25, 0.3) is 11.8 Å². The van der Waals surface area contributed by atoms with Gasteiger partial charge in [0.1, 0.15) is 5.75 Å². The molecule has 0 fully saturated rings. The van der Waals surface area contributed by atoms with Crippen LogP contribution in [0.5, 0.6) is 17.2 Å². The van der Waals surface area contributed by atoms with E-state index >= 15 is 0 Å². The van der Waals surface area contributed by atoms with Crippen LogP contribution >= 0.6 is 0 Å². The Bertz CT molecular complexity index is 945. The molecule has 0 unspecified atom stereocenters. The minimum absolute atomic E-state index is 0.0154. The van der Waals surface area contributed by atoms with E-state index in [9.17, 15) is 14.4 Å². The zero-order valence-electron chi connectivity index (χ0n) is 14.8. The summed E-state index contributed by atoms with van der Waals surface area (Å²) in [6, 6.07) is 11.9. The van der Waals surface area contributed by atoms with Crippen molar-refractivity contribution < 1.29 is 28.6 Å². The van der Waals surface area contributed by atoms with Crippen LogP contribution in [0.25, 0.3) is 0 Å². The van der Waals surface area contributed by atoms with Crippen molar-refractivity contribution in [3.63, 3.8) is 0 Å². The second-order valence-electron chi connectivity index (χ2n) is 6.12. The summed E-state index contributed by atoms with van der Waals surface area (Å²) in [5.41, 5.74) is 5.63. The fourth-order valence-electron chi connectivity index (χ4n) is 2.91. The molecule has 9 nitrogen and oxygen atoms in total. The normalized spacial score (nSPS) is 14.1. The lowest BCUT2D eigenvalue weighted by molar-refractivity contribution is -0.122. The van der Waals surface area contributed by atoms with Gasteiger partial charge >= 0.3 is 0 Å². The molecule has 0 saturated carbocycles. The lowest BCUT2D eigenvalue weighted by Gasteiger charge is -2.29. The summed E-state index contributed by atoms with van der Waals surface area (Å²) in [7, 11) is 0. The fraction of sp³-hybridized carbons (Fsp3) is 0.211. The fourth-order valence-corrected chi connectivity index (χ4v) is 2.91. The van der Waals surface area contributed by atoms with Crippen LogP contribution < -0.4 is 30.0 Å². The van der Waals surface area contributed by atoms with Gasteiger partial charge in [0.2, 0.25) is 12.7 Å². The van der Waals surface area contributed by atoms with Gasteiger partial charge in [0.15, 0.2) is 18.1 Å². The second-order valence-corrected chi connectivity index (χ2v) is 6.12. The van der Waals surface area contributed by atoms with Crippen LogP contribution in [0, 0.1) is 0 Å². The number of benzene rings is 2. The van der Waals surface area contributed by atoms with Crippen LogP contribution in [0.1, 0.15) is 16.8 Å². The van der Waals surface area contributed by atoms with Crippen LogP contribution in [0.2, 0.25) is 0 Å². The molecule has 4 rings (SSSR count). The van der Waals surface area contributed by atoms with Crippen molar-refractivity contribution >= 4 is 23.4 Å². The predicted molar refractivity (Wildman–Crippen MR) is 97.1 cm³/mol. The molecule has 2 N–H and O–H groups in total. The summed E-state index contributed by atoms with van der Waals surface area (Å²) in [6.07, 6.45) is 0.0154. The first-order chi connectivity index (χ1) is 13.6. The molecular weight excluding hydrogens is 366 g/mol. The van der Waals surface area contributed by atoms with Crippen molar-refractivity contribution in [3.8, 4) is 17.2 Å². The number of carbonyl (C=O) groups excluding carboxylic acids is 3. The van der Waals surface area contributed by atoms with E-state index in [2.05, 4.69) is 10.9 Å². The summed E-state index contributed by atoms with van der Waals surface area (Å²) >= 11 is 0. The number of ether oxygens (including phenoxy) is 3. The van der Waals surface area contributed by atoms with Gasteiger partial charge in [-0.25, -0.2) is 0 Å². The number of hydrogen-bond donors (Lipinski definition) is 2. The molecule has 0 radical (unpaired) electrons. The number of amides is 3. The quantitative estimate of drug-likeness (QED) is 0.763. The third-order valence-corrected chi connectivity index (χ3v) is 4.32. The molecule has 9 heteroatoms. The van der Waals surface area contributed by atoms with Gasteiger partial charge in [-0.15, -0.1) is 0 Å². The van der Waals surface area contributed by atoms with Gasteiger partial charge < -0.3 is 19.1 Å². The molecule has 0 aromatic heterocycles. The number of anilines is 1. The zero-order valence-corrected chi connectivity index (χ0v) is 14.8. The smallest absolute Gasteiger partial charge is 0.269 e. The number of hydrazine groups is 1. The maximum absolute atomic E-state index is 12.2. The Morgan fingerprint density at radius 2 is 1.79 bits per heavy atom. The highest BCUT2D eigenvalue weighted by Gasteiger charge is 2.25. The molecule has 0 bridgehead atoms. The van der Waals surface area contributed by atoms with Crippen molar-refractivity contribution in [1.29, 1.82) is 0 Å². The van der Waals surface area contributed by atoms with E-state index in [1.54, 1.807) is 30.3 Å². The van der Waals surface area contributed by atoms with Crippen LogP contribution in [0.3, 0.4) is 0 Å². The van der Waals surface area contributed by atoms with Gasteiger partial charge in [0.05, 0.1) is 5.69 Å². The highest BCUT2D eigenvalue weighted by molar-refractivity contribution is 5.99. The number of rotatable bonds is 4. The minimum atomic E-state index is -0.487. The molecule has 2 heterocycles. The Morgan fingerprint density at radius 1 is 0.964 bits per heavy atom. The number of para-hydroxylation sites is 2. The van der Waals surface area contributed by atoms with Gasteiger partial charge in [-0.3, -0.25) is 25.2 Å². The lowest BCUT2D eigenvalue weighted by Crippen LogP contribution is -2.44. The van der Waals surface area contributed by atoms with Gasteiger partial charge in [-0.2, -0.15) is 0 Å². The van der Waals surface area contributed by atoms with Gasteiger partial charge in [-0.1, -0.05) is 12.1 Å². The van der Waals surface area contributed by atoms with Gasteiger partial charge in [-0.05, 0) is 30.3 Å². The highest BCUT2D eigenvalue weighted by Crippen LogP contribution is 2.32. The van der Waals surface area contributed by atoms with Crippen LogP contribution in [-0.2, 0) is 9.59 Å². The molecule has 0 atom stereocenters. The van der Waals surface area contributed by atoms with Crippen molar-refractivity contribution in [3.05, 3.63) is 48.0 Å². The molecule has 2 aromatic rings. The van der Waals surface area contributed by atoms with Crippen molar-refractivity contribution in [2.75, 3.05) is 24.8 Å². The van der Waals surface area contributed by atoms with E-state index in [-0.39, 0.29) is 32.3 Å². The molecule has 3 amide bonds. The Kier molecular flexibility index (Phi) is 4.71. The number of fused-ring (bicyclic) bond motifs is 2. The molecule has 144 valence electrons.